The Hall–Kier alpha value is -2.93. The van der Waals surface area contributed by atoms with Gasteiger partial charge in [-0.3, -0.25) is 4.79 Å². The number of pyridine rings is 1. The van der Waals surface area contributed by atoms with Gasteiger partial charge in [0, 0.05) is 11.5 Å². The zero-order valence-electron chi connectivity index (χ0n) is 13.4. The molecule has 0 radical (unpaired) electrons. The third-order valence-electron chi connectivity index (χ3n) is 3.44. The van der Waals surface area contributed by atoms with Gasteiger partial charge in [0.2, 0.25) is 0 Å². The first-order valence-corrected chi connectivity index (χ1v) is 7.82. The van der Waals surface area contributed by atoms with Crippen LogP contribution in [0.5, 0.6) is 0 Å². The SMILES string of the molecule is Cc1cc(NC(=O)[C@H](C)OC(=O)c2cc(Cl)nc3ccccc23)no1. The molecule has 1 atom stereocenters. The molecule has 0 spiro atoms. The Labute approximate surface area is 147 Å². The average molecular weight is 360 g/mol. The molecule has 0 aliphatic heterocycles. The zero-order valence-corrected chi connectivity index (χ0v) is 14.2. The van der Waals surface area contributed by atoms with Crippen molar-refractivity contribution in [2.45, 2.75) is 20.0 Å². The Kier molecular flexibility index (Phi) is 4.67. The van der Waals surface area contributed by atoms with Gasteiger partial charge in [-0.05, 0) is 26.0 Å². The molecule has 0 aliphatic rings. The minimum Gasteiger partial charge on any atom is -0.449 e. The second-order valence-corrected chi connectivity index (χ2v) is 5.76. The number of esters is 1. The van der Waals surface area contributed by atoms with Crippen LogP contribution in [0, 0.1) is 6.92 Å². The smallest absolute Gasteiger partial charge is 0.339 e. The monoisotopic (exact) mass is 359 g/mol. The lowest BCUT2D eigenvalue weighted by Gasteiger charge is -2.13. The molecular weight excluding hydrogens is 346 g/mol. The molecule has 0 aliphatic carbocycles. The molecule has 3 aromatic rings. The van der Waals surface area contributed by atoms with Gasteiger partial charge in [-0.2, -0.15) is 0 Å². The topological polar surface area (TPSA) is 94.3 Å². The molecule has 2 aromatic heterocycles. The molecule has 0 saturated heterocycles. The molecule has 2 heterocycles. The summed E-state index contributed by atoms with van der Waals surface area (Å²) in [5.41, 5.74) is 0.810. The lowest BCUT2D eigenvalue weighted by Crippen LogP contribution is -2.30. The summed E-state index contributed by atoms with van der Waals surface area (Å²) in [4.78, 5) is 28.7. The molecule has 1 aromatic carbocycles. The maximum Gasteiger partial charge on any atom is 0.339 e. The number of ether oxygens (including phenoxy) is 1. The quantitative estimate of drug-likeness (QED) is 0.567. The first-order chi connectivity index (χ1) is 11.9. The van der Waals surface area contributed by atoms with Crippen molar-refractivity contribution >= 4 is 40.2 Å². The van der Waals surface area contributed by atoms with E-state index in [-0.39, 0.29) is 16.5 Å². The number of hydrogen-bond acceptors (Lipinski definition) is 6. The van der Waals surface area contributed by atoms with Crippen LogP contribution < -0.4 is 5.32 Å². The van der Waals surface area contributed by atoms with Crippen LogP contribution in [0.15, 0.2) is 40.9 Å². The Balaban J connectivity index is 1.76. The maximum absolute atomic E-state index is 12.5. The van der Waals surface area contributed by atoms with Gasteiger partial charge in [0.25, 0.3) is 5.91 Å². The van der Waals surface area contributed by atoms with E-state index in [1.54, 1.807) is 37.3 Å². The largest absolute Gasteiger partial charge is 0.449 e. The molecule has 7 nitrogen and oxygen atoms in total. The van der Waals surface area contributed by atoms with E-state index in [1.165, 1.54) is 13.0 Å². The number of carbonyl (C=O) groups is 2. The first-order valence-electron chi connectivity index (χ1n) is 7.44. The third-order valence-corrected chi connectivity index (χ3v) is 3.63. The van der Waals surface area contributed by atoms with Crippen LogP contribution in [0.25, 0.3) is 10.9 Å². The molecule has 8 heteroatoms. The first kappa shape index (κ1) is 16.9. The molecule has 25 heavy (non-hydrogen) atoms. The number of fused-ring (bicyclic) bond motifs is 1. The van der Waals surface area contributed by atoms with E-state index in [9.17, 15) is 9.59 Å². The van der Waals surface area contributed by atoms with Gasteiger partial charge < -0.3 is 14.6 Å². The summed E-state index contributed by atoms with van der Waals surface area (Å²) in [5.74, 6) is -0.383. The Morgan fingerprint density at radius 3 is 2.76 bits per heavy atom. The van der Waals surface area contributed by atoms with E-state index in [1.807, 2.05) is 0 Å². The van der Waals surface area contributed by atoms with Crippen molar-refractivity contribution in [1.29, 1.82) is 0 Å². The lowest BCUT2D eigenvalue weighted by molar-refractivity contribution is -0.123. The molecule has 128 valence electrons. The van der Waals surface area contributed by atoms with Crippen molar-refractivity contribution in [1.82, 2.24) is 10.1 Å². The molecule has 0 bridgehead atoms. The number of halogens is 1. The van der Waals surface area contributed by atoms with Gasteiger partial charge in [-0.15, -0.1) is 0 Å². The highest BCUT2D eigenvalue weighted by atomic mass is 35.5. The second kappa shape index (κ2) is 6.90. The summed E-state index contributed by atoms with van der Waals surface area (Å²) < 4.78 is 10.1. The van der Waals surface area contributed by atoms with Crippen LogP contribution >= 0.6 is 11.6 Å². The Morgan fingerprint density at radius 2 is 2.04 bits per heavy atom. The number of para-hydroxylation sites is 1. The number of rotatable bonds is 4. The number of nitrogens with zero attached hydrogens (tertiary/aromatic N) is 2. The highest BCUT2D eigenvalue weighted by molar-refractivity contribution is 6.30. The molecule has 1 N–H and O–H groups in total. The van der Waals surface area contributed by atoms with Crippen LogP contribution in [0.4, 0.5) is 5.82 Å². The Morgan fingerprint density at radius 1 is 1.28 bits per heavy atom. The summed E-state index contributed by atoms with van der Waals surface area (Å²) in [7, 11) is 0. The van der Waals surface area contributed by atoms with Gasteiger partial charge in [0.15, 0.2) is 11.9 Å². The summed E-state index contributed by atoms with van der Waals surface area (Å²) >= 11 is 5.96. The van der Waals surface area contributed by atoms with Crippen molar-refractivity contribution in [3.8, 4) is 0 Å². The minimum atomic E-state index is -1.03. The van der Waals surface area contributed by atoms with E-state index in [0.717, 1.165) is 0 Å². The molecule has 0 fully saturated rings. The Bertz CT molecular complexity index is 954. The second-order valence-electron chi connectivity index (χ2n) is 5.37. The predicted octanol–water partition coefficient (Wildman–Crippen LogP) is 3.37. The van der Waals surface area contributed by atoms with Crippen molar-refractivity contribution < 1.29 is 18.8 Å². The van der Waals surface area contributed by atoms with E-state index < -0.39 is 18.0 Å². The van der Waals surface area contributed by atoms with E-state index >= 15 is 0 Å². The normalized spacial score (nSPS) is 12.0. The summed E-state index contributed by atoms with van der Waals surface area (Å²) in [6.07, 6.45) is -1.03. The van der Waals surface area contributed by atoms with E-state index in [4.69, 9.17) is 20.9 Å². The average Bonchev–Trinajstić information content (AvgIpc) is 2.98. The van der Waals surface area contributed by atoms with Crippen LogP contribution in [0.3, 0.4) is 0 Å². The summed E-state index contributed by atoms with van der Waals surface area (Å²) in [5, 5.41) is 6.92. The predicted molar refractivity (Wildman–Crippen MR) is 91.5 cm³/mol. The number of aryl methyl sites for hydroxylation is 1. The van der Waals surface area contributed by atoms with Gasteiger partial charge >= 0.3 is 5.97 Å². The number of anilines is 1. The molecule has 1 amide bonds. The number of aromatic nitrogens is 2. The fraction of sp³-hybridized carbons (Fsp3) is 0.176. The summed E-state index contributed by atoms with van der Waals surface area (Å²) in [6, 6.07) is 10.0. The van der Waals surface area contributed by atoms with Gasteiger partial charge in [0.05, 0.1) is 11.1 Å². The van der Waals surface area contributed by atoms with Crippen molar-refractivity contribution in [3.05, 3.63) is 52.9 Å². The van der Waals surface area contributed by atoms with E-state index in [0.29, 0.717) is 16.7 Å². The fourth-order valence-corrected chi connectivity index (χ4v) is 2.44. The van der Waals surface area contributed by atoms with Crippen LogP contribution in [-0.2, 0) is 9.53 Å². The number of nitrogens with one attached hydrogen (secondary N) is 1. The number of hydrogen-bond donors (Lipinski definition) is 1. The number of benzene rings is 1. The van der Waals surface area contributed by atoms with Crippen molar-refractivity contribution in [2.24, 2.45) is 0 Å². The van der Waals surface area contributed by atoms with Crippen LogP contribution in [-0.4, -0.2) is 28.1 Å². The van der Waals surface area contributed by atoms with Crippen molar-refractivity contribution in [3.63, 3.8) is 0 Å². The third kappa shape index (κ3) is 3.77. The number of amides is 1. The zero-order chi connectivity index (χ0) is 18.0. The highest BCUT2D eigenvalue weighted by Crippen LogP contribution is 2.22. The summed E-state index contributed by atoms with van der Waals surface area (Å²) in [6.45, 7) is 3.16. The standard InChI is InChI=1S/C17H14ClN3O4/c1-9-7-15(21-25-9)20-16(22)10(2)24-17(23)12-8-14(18)19-13-6-4-3-5-11(12)13/h3-8,10H,1-2H3,(H,20,21,22)/t10-/m0/s1. The van der Waals surface area contributed by atoms with Crippen LogP contribution in [0.2, 0.25) is 5.15 Å². The van der Waals surface area contributed by atoms with Gasteiger partial charge in [-0.1, -0.05) is 35.0 Å². The molecule has 3 rings (SSSR count). The molecular formula is C17H14ClN3O4. The van der Waals surface area contributed by atoms with Crippen LogP contribution in [0.1, 0.15) is 23.0 Å². The van der Waals surface area contributed by atoms with Gasteiger partial charge in [0.1, 0.15) is 10.9 Å². The maximum atomic E-state index is 12.5. The van der Waals surface area contributed by atoms with Gasteiger partial charge in [-0.25, -0.2) is 9.78 Å². The highest BCUT2D eigenvalue weighted by Gasteiger charge is 2.22. The number of carbonyl (C=O) groups excluding carboxylic acids is 2. The van der Waals surface area contributed by atoms with E-state index in [2.05, 4.69) is 15.5 Å². The van der Waals surface area contributed by atoms with Crippen molar-refractivity contribution in [2.75, 3.05) is 5.32 Å². The fourth-order valence-electron chi connectivity index (χ4n) is 2.24. The lowest BCUT2D eigenvalue weighted by atomic mass is 10.1. The molecule has 0 unspecified atom stereocenters. The minimum absolute atomic E-state index is 0.167. The molecule has 0 saturated carbocycles.